The number of pyridine rings is 1. The lowest BCUT2D eigenvalue weighted by molar-refractivity contribution is 0.0966. The number of nitrogens with one attached hydrogen (secondary N) is 2. The minimum absolute atomic E-state index is 0.0814. The fourth-order valence-corrected chi connectivity index (χ4v) is 4.79. The average molecular weight is 500 g/mol. The highest BCUT2D eigenvalue weighted by molar-refractivity contribution is 6.06. The van der Waals surface area contributed by atoms with Gasteiger partial charge in [-0.3, -0.25) is 9.20 Å². The number of piperidine rings is 1. The van der Waals surface area contributed by atoms with Gasteiger partial charge in [0.15, 0.2) is 0 Å². The summed E-state index contributed by atoms with van der Waals surface area (Å²) < 4.78 is 1.96. The van der Waals surface area contributed by atoms with Crippen molar-refractivity contribution >= 4 is 28.9 Å². The minimum Gasteiger partial charge on any atom is -0.394 e. The Bertz CT molecular complexity index is 1400. The first-order valence-corrected chi connectivity index (χ1v) is 12.8. The van der Waals surface area contributed by atoms with Crippen molar-refractivity contribution in [2.24, 2.45) is 0 Å². The van der Waals surface area contributed by atoms with Crippen LogP contribution < -0.4 is 15.5 Å². The summed E-state index contributed by atoms with van der Waals surface area (Å²) >= 11 is 0. The number of aliphatic hydroxyl groups is 1. The van der Waals surface area contributed by atoms with Crippen molar-refractivity contribution < 1.29 is 9.90 Å². The highest BCUT2D eigenvalue weighted by Gasteiger charge is 2.27. The molecule has 1 aromatic carbocycles. The van der Waals surface area contributed by atoms with Crippen LogP contribution in [0.4, 0.5) is 17.2 Å². The number of amides is 1. The van der Waals surface area contributed by atoms with Gasteiger partial charge in [-0.2, -0.15) is 0 Å². The molecule has 2 aliphatic heterocycles. The van der Waals surface area contributed by atoms with E-state index in [1.165, 1.54) is 19.3 Å². The number of anilines is 3. The van der Waals surface area contributed by atoms with E-state index in [0.717, 1.165) is 52.8 Å². The van der Waals surface area contributed by atoms with Crippen LogP contribution in [-0.4, -0.2) is 49.6 Å². The summed E-state index contributed by atoms with van der Waals surface area (Å²) in [5, 5.41) is 14.4. The molecule has 1 fully saturated rings. The van der Waals surface area contributed by atoms with Gasteiger partial charge < -0.3 is 20.6 Å². The first-order valence-electron chi connectivity index (χ1n) is 12.8. The lowest BCUT2D eigenvalue weighted by Crippen LogP contribution is -2.29. The molecule has 0 atom stereocenters. The van der Waals surface area contributed by atoms with Gasteiger partial charge >= 0.3 is 0 Å². The zero-order chi connectivity index (χ0) is 25.9. The van der Waals surface area contributed by atoms with Crippen molar-refractivity contribution in [2.45, 2.75) is 52.7 Å². The lowest BCUT2D eigenvalue weighted by atomic mass is 9.99. The van der Waals surface area contributed by atoms with E-state index in [-0.39, 0.29) is 12.0 Å². The second-order valence-electron chi connectivity index (χ2n) is 9.75. The van der Waals surface area contributed by atoms with Crippen LogP contribution in [0, 0.1) is 6.92 Å². The Morgan fingerprint density at radius 3 is 2.54 bits per heavy atom. The van der Waals surface area contributed by atoms with E-state index in [1.807, 2.05) is 54.2 Å². The van der Waals surface area contributed by atoms with E-state index in [0.29, 0.717) is 17.9 Å². The molecule has 5 heterocycles. The van der Waals surface area contributed by atoms with Crippen molar-refractivity contribution in [3.63, 3.8) is 0 Å². The van der Waals surface area contributed by atoms with Gasteiger partial charge in [-0.05, 0) is 69.9 Å². The zero-order valence-corrected chi connectivity index (χ0v) is 21.5. The number of carbonyl (C=O) groups excluding carboxylic acids is 1. The van der Waals surface area contributed by atoms with Crippen molar-refractivity contribution in [3.8, 4) is 11.3 Å². The largest absolute Gasteiger partial charge is 0.394 e. The topological polar surface area (TPSA) is 108 Å². The summed E-state index contributed by atoms with van der Waals surface area (Å²) in [5.41, 5.74) is 6.32. The summed E-state index contributed by atoms with van der Waals surface area (Å²) in [5.74, 6) is 1.29. The monoisotopic (exact) mass is 499 g/mol. The Hall–Kier alpha value is -3.98. The highest BCUT2D eigenvalue weighted by Crippen LogP contribution is 2.35. The number of carbonyl (C=O) groups is 1. The molecule has 0 bridgehead atoms. The van der Waals surface area contributed by atoms with Crippen LogP contribution in [0.15, 0.2) is 48.9 Å². The molecule has 9 heteroatoms. The normalized spacial score (nSPS) is 14.8. The van der Waals surface area contributed by atoms with Crippen molar-refractivity contribution in [1.82, 2.24) is 24.7 Å². The zero-order valence-electron chi connectivity index (χ0n) is 21.5. The number of imidazole rings is 1. The maximum atomic E-state index is 12.8. The van der Waals surface area contributed by atoms with Crippen molar-refractivity contribution in [1.29, 1.82) is 0 Å². The third-order valence-corrected chi connectivity index (χ3v) is 6.49. The molecule has 37 heavy (non-hydrogen) atoms. The van der Waals surface area contributed by atoms with Crippen LogP contribution in [0.3, 0.4) is 0 Å². The maximum Gasteiger partial charge on any atom is 0.254 e. The number of fused-ring (bicyclic) bond motifs is 2. The van der Waals surface area contributed by atoms with E-state index in [4.69, 9.17) is 5.11 Å². The fraction of sp³-hybridized carbons (Fsp3) is 0.357. The molecule has 0 radical (unpaired) electrons. The number of hydrogen-bond donors (Lipinski definition) is 3. The van der Waals surface area contributed by atoms with E-state index in [9.17, 15) is 4.79 Å². The molecule has 2 aliphatic rings. The Kier molecular flexibility index (Phi) is 7.05. The van der Waals surface area contributed by atoms with E-state index in [1.54, 1.807) is 13.8 Å². The highest BCUT2D eigenvalue weighted by atomic mass is 16.3. The Balaban J connectivity index is 0.000000655. The SMILES string of the molecule is CC(C)O.Cc1ccn2c(-c3ccc(Nc4ccc(N5CCCCC5)cn4)c4c3CNC4=O)cnc2n1. The van der Waals surface area contributed by atoms with Gasteiger partial charge in [0.2, 0.25) is 5.78 Å². The predicted octanol–water partition coefficient (Wildman–Crippen LogP) is 4.46. The number of aliphatic hydroxyl groups excluding tert-OH is 1. The standard InChI is InChI=1S/C25H25N7O.C3H8O/c1-16-9-12-32-21(15-28-25(32)29-16)18-6-7-20(23-19(18)14-27-24(23)33)30-22-8-5-17(13-26-22)31-10-3-2-4-11-31;1-3(2)4/h5-9,12-13,15H,2-4,10-11,14H2,1H3,(H,26,30)(H,27,33);3-4H,1-2H3. The summed E-state index contributed by atoms with van der Waals surface area (Å²) in [7, 11) is 0. The summed E-state index contributed by atoms with van der Waals surface area (Å²) in [6.45, 7) is 8.04. The van der Waals surface area contributed by atoms with Gasteiger partial charge in [0.1, 0.15) is 5.82 Å². The van der Waals surface area contributed by atoms with Gasteiger partial charge in [0, 0.05) is 43.2 Å². The molecule has 0 saturated carbocycles. The van der Waals surface area contributed by atoms with E-state index >= 15 is 0 Å². The molecule has 0 aliphatic carbocycles. The molecular formula is C28H33N7O2. The van der Waals surface area contributed by atoms with Crippen LogP contribution in [0.1, 0.15) is 54.7 Å². The van der Waals surface area contributed by atoms with Crippen molar-refractivity contribution in [2.75, 3.05) is 23.3 Å². The first-order chi connectivity index (χ1) is 17.9. The predicted molar refractivity (Wildman–Crippen MR) is 145 cm³/mol. The van der Waals surface area contributed by atoms with Gasteiger partial charge in [0.25, 0.3) is 5.91 Å². The Morgan fingerprint density at radius 1 is 1.03 bits per heavy atom. The first kappa shape index (κ1) is 24.7. The van der Waals surface area contributed by atoms with Crippen LogP contribution >= 0.6 is 0 Å². The van der Waals surface area contributed by atoms with Crippen LogP contribution in [0.5, 0.6) is 0 Å². The molecule has 3 aromatic heterocycles. The number of aryl methyl sites for hydroxylation is 1. The molecule has 0 unspecified atom stereocenters. The van der Waals surface area contributed by atoms with Gasteiger partial charge in [0.05, 0.1) is 35.0 Å². The van der Waals surface area contributed by atoms with Crippen molar-refractivity contribution in [3.05, 3.63) is 65.7 Å². The molecule has 9 nitrogen and oxygen atoms in total. The fourth-order valence-electron chi connectivity index (χ4n) is 4.79. The number of benzene rings is 1. The molecule has 0 spiro atoms. The average Bonchev–Trinajstić information content (AvgIpc) is 3.49. The Labute approximate surface area is 216 Å². The third-order valence-electron chi connectivity index (χ3n) is 6.49. The van der Waals surface area contributed by atoms with Gasteiger partial charge in [-0.15, -0.1) is 0 Å². The van der Waals surface area contributed by atoms with Crippen LogP contribution in [-0.2, 0) is 6.54 Å². The number of hydrogen-bond acceptors (Lipinski definition) is 7. The summed E-state index contributed by atoms with van der Waals surface area (Å²) in [6, 6.07) is 10.0. The van der Waals surface area contributed by atoms with Gasteiger partial charge in [-0.1, -0.05) is 6.07 Å². The van der Waals surface area contributed by atoms with Gasteiger partial charge in [-0.25, -0.2) is 15.0 Å². The Morgan fingerprint density at radius 2 is 1.81 bits per heavy atom. The quantitative estimate of drug-likeness (QED) is 0.380. The van der Waals surface area contributed by atoms with E-state index in [2.05, 4.69) is 36.6 Å². The minimum atomic E-state index is -0.167. The summed E-state index contributed by atoms with van der Waals surface area (Å²) in [4.78, 5) is 28.7. The molecule has 1 saturated heterocycles. The number of aromatic nitrogens is 4. The molecular weight excluding hydrogens is 466 g/mol. The summed E-state index contributed by atoms with van der Waals surface area (Å²) in [6.07, 6.45) is 9.30. The molecule has 4 aromatic rings. The van der Waals surface area contributed by atoms with Crippen LogP contribution in [0.2, 0.25) is 0 Å². The molecule has 192 valence electrons. The second-order valence-corrected chi connectivity index (χ2v) is 9.75. The second kappa shape index (κ2) is 10.6. The smallest absolute Gasteiger partial charge is 0.254 e. The molecule has 6 rings (SSSR count). The lowest BCUT2D eigenvalue weighted by Gasteiger charge is -2.28. The molecule has 1 amide bonds. The molecule has 3 N–H and O–H groups in total. The number of nitrogens with zero attached hydrogens (tertiary/aromatic N) is 5. The maximum absolute atomic E-state index is 12.8. The van der Waals surface area contributed by atoms with E-state index < -0.39 is 0 Å². The van der Waals surface area contributed by atoms with Crippen LogP contribution in [0.25, 0.3) is 17.0 Å². The third kappa shape index (κ3) is 5.27. The number of rotatable bonds is 4.